The molecule has 0 spiro atoms. The van der Waals surface area contributed by atoms with Crippen LogP contribution in [0.15, 0.2) is 53.4 Å². The zero-order valence-corrected chi connectivity index (χ0v) is 20.2. The molecule has 3 rings (SSSR count). The fourth-order valence-corrected chi connectivity index (χ4v) is 4.25. The number of carbonyl (C=O) groups excluding carboxylic acids is 1. The highest BCUT2D eigenvalue weighted by Gasteiger charge is 2.71. The van der Waals surface area contributed by atoms with Crippen molar-refractivity contribution in [3.8, 4) is 0 Å². The van der Waals surface area contributed by atoms with Gasteiger partial charge in [0.1, 0.15) is 0 Å². The van der Waals surface area contributed by atoms with Crippen LogP contribution >= 0.6 is 11.8 Å². The first kappa shape index (κ1) is 29.8. The SMILES string of the molecule is CC.CC.O=C(CCc1ccccc1)N1CCSc2cc(C(O)(C(F)(F)F)C(F)(F)F)ccc21. The number of alkyl halides is 6. The minimum atomic E-state index is -5.95. The Bertz CT molecular complexity index is 902. The second kappa shape index (κ2) is 12.5. The van der Waals surface area contributed by atoms with Crippen LogP contribution in [0.1, 0.15) is 45.2 Å². The van der Waals surface area contributed by atoms with E-state index in [1.165, 1.54) is 4.90 Å². The number of hydrogen-bond donors (Lipinski definition) is 1. The molecular weight excluding hydrogens is 480 g/mol. The van der Waals surface area contributed by atoms with Crippen molar-refractivity contribution < 1.29 is 36.2 Å². The van der Waals surface area contributed by atoms with Crippen LogP contribution in [0.2, 0.25) is 0 Å². The van der Waals surface area contributed by atoms with Gasteiger partial charge in [0, 0.05) is 29.2 Å². The van der Waals surface area contributed by atoms with Gasteiger partial charge in [0.25, 0.3) is 5.60 Å². The monoisotopic (exact) mass is 509 g/mol. The van der Waals surface area contributed by atoms with E-state index < -0.39 is 23.5 Å². The smallest absolute Gasteiger partial charge is 0.369 e. The molecule has 1 amide bonds. The first-order chi connectivity index (χ1) is 15.9. The maximum absolute atomic E-state index is 13.1. The quantitative estimate of drug-likeness (QED) is 0.446. The van der Waals surface area contributed by atoms with E-state index >= 15 is 0 Å². The highest BCUT2D eigenvalue weighted by atomic mass is 32.2. The zero-order chi connectivity index (χ0) is 26.2. The lowest BCUT2D eigenvalue weighted by Gasteiger charge is -2.34. The van der Waals surface area contributed by atoms with Crippen molar-refractivity contribution in [3.63, 3.8) is 0 Å². The number of amides is 1. The fourth-order valence-electron chi connectivity index (χ4n) is 3.22. The molecule has 0 aliphatic carbocycles. The average molecular weight is 510 g/mol. The van der Waals surface area contributed by atoms with Crippen LogP contribution in [0.25, 0.3) is 0 Å². The van der Waals surface area contributed by atoms with Gasteiger partial charge in [-0.25, -0.2) is 0 Å². The van der Waals surface area contributed by atoms with Gasteiger partial charge in [-0.15, -0.1) is 11.8 Å². The second-order valence-electron chi connectivity index (χ2n) is 6.77. The van der Waals surface area contributed by atoms with E-state index in [0.29, 0.717) is 24.3 Å². The van der Waals surface area contributed by atoms with E-state index in [9.17, 15) is 36.2 Å². The molecule has 3 nitrogen and oxygen atoms in total. The Morgan fingerprint density at radius 1 is 0.941 bits per heavy atom. The van der Waals surface area contributed by atoms with Crippen LogP contribution in [0, 0.1) is 0 Å². The Labute approximate surface area is 200 Å². The van der Waals surface area contributed by atoms with Crippen molar-refractivity contribution in [1.82, 2.24) is 0 Å². The van der Waals surface area contributed by atoms with E-state index in [1.807, 2.05) is 58.0 Å². The third kappa shape index (κ3) is 6.47. The average Bonchev–Trinajstić information content (AvgIpc) is 2.83. The van der Waals surface area contributed by atoms with Gasteiger partial charge >= 0.3 is 12.4 Å². The van der Waals surface area contributed by atoms with Gasteiger partial charge in [0.2, 0.25) is 5.91 Å². The topological polar surface area (TPSA) is 40.5 Å². The number of nitrogens with zero attached hydrogens (tertiary/aromatic N) is 1. The zero-order valence-electron chi connectivity index (χ0n) is 19.4. The minimum Gasteiger partial charge on any atom is -0.369 e. The van der Waals surface area contributed by atoms with Crippen molar-refractivity contribution in [2.75, 3.05) is 17.2 Å². The maximum atomic E-state index is 13.1. The molecule has 0 radical (unpaired) electrons. The standard InChI is InChI=1S/C20H17F6NO2S.2C2H6/c21-19(22,23)18(29,20(24,25)26)14-7-8-15-16(12-14)30-11-10-27(15)17(28)9-6-13-4-2-1-3-5-13;2*1-2/h1-5,7-8,12,29H,6,9-11H2;2*1-2H3. The van der Waals surface area contributed by atoms with Gasteiger partial charge in [-0.2, -0.15) is 26.3 Å². The number of hydrogen-bond acceptors (Lipinski definition) is 3. The minimum absolute atomic E-state index is 0.0822. The predicted molar refractivity (Wildman–Crippen MR) is 123 cm³/mol. The Hall–Kier alpha value is -2.20. The summed E-state index contributed by atoms with van der Waals surface area (Å²) in [5, 5.41) is 9.60. The number of carbonyl (C=O) groups is 1. The normalized spacial score (nSPS) is 13.7. The maximum Gasteiger partial charge on any atom is 0.430 e. The van der Waals surface area contributed by atoms with Crippen molar-refractivity contribution in [1.29, 1.82) is 0 Å². The van der Waals surface area contributed by atoms with Crippen LogP contribution in [0.3, 0.4) is 0 Å². The largest absolute Gasteiger partial charge is 0.430 e. The van der Waals surface area contributed by atoms with Crippen molar-refractivity contribution in [2.45, 2.75) is 63.4 Å². The van der Waals surface area contributed by atoms with Crippen LogP contribution < -0.4 is 4.90 Å². The van der Waals surface area contributed by atoms with Crippen molar-refractivity contribution in [3.05, 3.63) is 59.7 Å². The lowest BCUT2D eigenvalue weighted by molar-refractivity contribution is -0.376. The summed E-state index contributed by atoms with van der Waals surface area (Å²) in [6, 6.07) is 11.5. The molecule has 2 aromatic rings. The number of rotatable bonds is 4. The number of aliphatic hydroxyl groups is 1. The number of thioether (sulfide) groups is 1. The Kier molecular flexibility index (Phi) is 11.0. The molecule has 1 aliphatic rings. The lowest BCUT2D eigenvalue weighted by Crippen LogP contribution is -2.54. The second-order valence-corrected chi connectivity index (χ2v) is 7.90. The first-order valence-corrected chi connectivity index (χ1v) is 11.9. The predicted octanol–water partition coefficient (Wildman–Crippen LogP) is 7.12. The molecule has 1 heterocycles. The van der Waals surface area contributed by atoms with Crippen LogP contribution in [0.5, 0.6) is 0 Å². The molecule has 0 atom stereocenters. The summed E-state index contributed by atoms with van der Waals surface area (Å²) >= 11 is 1.04. The number of halogens is 6. The number of aryl methyl sites for hydroxylation is 1. The lowest BCUT2D eigenvalue weighted by atomic mass is 9.92. The summed E-state index contributed by atoms with van der Waals surface area (Å²) in [6.45, 7) is 8.29. The van der Waals surface area contributed by atoms with Gasteiger partial charge in [0.15, 0.2) is 0 Å². The third-order valence-corrected chi connectivity index (χ3v) is 5.86. The molecule has 0 aromatic heterocycles. The molecule has 2 aromatic carbocycles. The molecule has 1 N–H and O–H groups in total. The van der Waals surface area contributed by atoms with Crippen LogP contribution in [0.4, 0.5) is 32.0 Å². The molecule has 34 heavy (non-hydrogen) atoms. The summed E-state index contributed by atoms with van der Waals surface area (Å²) in [5.41, 5.74) is -5.14. The van der Waals surface area contributed by atoms with Crippen molar-refractivity contribution >= 4 is 23.4 Å². The Balaban J connectivity index is 0.00000137. The van der Waals surface area contributed by atoms with Gasteiger partial charge in [-0.3, -0.25) is 4.79 Å². The molecule has 190 valence electrons. The molecule has 0 fully saturated rings. The van der Waals surface area contributed by atoms with Gasteiger partial charge in [-0.05, 0) is 24.1 Å². The molecule has 1 aliphatic heterocycles. The van der Waals surface area contributed by atoms with E-state index in [2.05, 4.69) is 0 Å². The molecule has 0 bridgehead atoms. The number of anilines is 1. The third-order valence-electron chi connectivity index (χ3n) is 4.83. The molecule has 0 saturated heterocycles. The number of benzene rings is 2. The van der Waals surface area contributed by atoms with E-state index in [-0.39, 0.29) is 29.5 Å². The highest BCUT2D eigenvalue weighted by molar-refractivity contribution is 7.99. The van der Waals surface area contributed by atoms with Gasteiger partial charge in [-0.1, -0.05) is 64.1 Å². The van der Waals surface area contributed by atoms with Gasteiger partial charge < -0.3 is 10.0 Å². The highest BCUT2D eigenvalue weighted by Crippen LogP contribution is 2.51. The van der Waals surface area contributed by atoms with E-state index in [4.69, 9.17) is 0 Å². The fraction of sp³-hybridized carbons (Fsp3) is 0.458. The first-order valence-electron chi connectivity index (χ1n) is 10.9. The molecular formula is C24H29F6NO2S. The molecule has 0 saturated carbocycles. The Morgan fingerprint density at radius 2 is 1.50 bits per heavy atom. The molecule has 0 unspecified atom stereocenters. The Morgan fingerprint density at radius 3 is 2.03 bits per heavy atom. The van der Waals surface area contributed by atoms with E-state index in [0.717, 1.165) is 23.4 Å². The van der Waals surface area contributed by atoms with Crippen LogP contribution in [-0.2, 0) is 16.8 Å². The molecule has 10 heteroatoms. The van der Waals surface area contributed by atoms with E-state index in [1.54, 1.807) is 0 Å². The van der Waals surface area contributed by atoms with Crippen molar-refractivity contribution in [2.24, 2.45) is 0 Å². The summed E-state index contributed by atoms with van der Waals surface area (Å²) in [5.74, 6) is 0.0272. The number of fused-ring (bicyclic) bond motifs is 1. The summed E-state index contributed by atoms with van der Waals surface area (Å²) in [6.07, 6.45) is -11.3. The summed E-state index contributed by atoms with van der Waals surface area (Å²) in [4.78, 5) is 14.1. The summed E-state index contributed by atoms with van der Waals surface area (Å²) < 4.78 is 78.9. The van der Waals surface area contributed by atoms with Crippen LogP contribution in [-0.4, -0.2) is 35.7 Å². The summed E-state index contributed by atoms with van der Waals surface area (Å²) in [7, 11) is 0. The van der Waals surface area contributed by atoms with Gasteiger partial charge in [0.05, 0.1) is 5.69 Å².